The number of imide groups is 2. The zero-order valence-electron chi connectivity index (χ0n) is 21.5. The number of nitrogens with one attached hydrogen (secondary N) is 1. The monoisotopic (exact) mass is 557 g/mol. The molecule has 1 fully saturated rings. The molecule has 10 nitrogen and oxygen atoms in total. The van der Waals surface area contributed by atoms with Crippen LogP contribution < -0.4 is 19.7 Å². The highest BCUT2D eigenvalue weighted by Crippen LogP contribution is 2.34. The normalized spacial score (nSPS) is 15.6. The van der Waals surface area contributed by atoms with E-state index >= 15 is 0 Å². The number of hydrogen-bond donors (Lipinski definition) is 1. The zero-order valence-corrected chi connectivity index (χ0v) is 22.3. The topological polar surface area (TPSA) is 122 Å². The van der Waals surface area contributed by atoms with Crippen molar-refractivity contribution in [2.75, 3.05) is 32.2 Å². The summed E-state index contributed by atoms with van der Waals surface area (Å²) >= 11 is 0.811. The molecule has 0 radical (unpaired) electrons. The molecule has 1 N–H and O–H groups in total. The maximum absolute atomic E-state index is 12.9. The molecule has 3 aromatic carbocycles. The van der Waals surface area contributed by atoms with Gasteiger partial charge in [-0.1, -0.05) is 24.3 Å². The number of hydrogen-bond acceptors (Lipinski definition) is 8. The van der Waals surface area contributed by atoms with Crippen molar-refractivity contribution in [1.82, 2.24) is 10.2 Å². The first-order chi connectivity index (χ1) is 19.3. The molecule has 5 rings (SSSR count). The third kappa shape index (κ3) is 4.94. The number of amides is 5. The molecule has 0 saturated carbocycles. The second kappa shape index (κ2) is 11.1. The first kappa shape index (κ1) is 26.7. The molecule has 0 bridgehead atoms. The first-order valence-corrected chi connectivity index (χ1v) is 13.0. The summed E-state index contributed by atoms with van der Waals surface area (Å²) < 4.78 is 10.5. The van der Waals surface area contributed by atoms with Crippen molar-refractivity contribution in [3.8, 4) is 11.5 Å². The largest absolute Gasteiger partial charge is 0.493 e. The van der Waals surface area contributed by atoms with Crippen LogP contribution in [0.1, 0.15) is 36.6 Å². The summed E-state index contributed by atoms with van der Waals surface area (Å²) in [7, 11) is 3.03. The summed E-state index contributed by atoms with van der Waals surface area (Å²) in [5.41, 5.74) is 1.76. The van der Waals surface area contributed by atoms with Crippen LogP contribution in [0.5, 0.6) is 11.5 Å². The molecule has 202 valence electrons. The quantitative estimate of drug-likeness (QED) is 0.326. The van der Waals surface area contributed by atoms with Crippen LogP contribution in [-0.4, -0.2) is 61.1 Å². The second-order valence-electron chi connectivity index (χ2n) is 8.75. The number of ether oxygens (including phenoxy) is 2. The maximum atomic E-state index is 12.9. The number of benzene rings is 3. The summed E-state index contributed by atoms with van der Waals surface area (Å²) in [5.74, 6) is -0.835. The smallest absolute Gasteiger partial charge is 0.293 e. The summed E-state index contributed by atoms with van der Waals surface area (Å²) in [6, 6.07) is 17.8. The minimum absolute atomic E-state index is 0.0117. The van der Waals surface area contributed by atoms with E-state index in [1.165, 1.54) is 20.3 Å². The van der Waals surface area contributed by atoms with E-state index in [2.05, 4.69) is 5.32 Å². The van der Waals surface area contributed by atoms with Crippen LogP contribution in [0.2, 0.25) is 0 Å². The molecule has 11 heteroatoms. The van der Waals surface area contributed by atoms with Gasteiger partial charge in [-0.25, -0.2) is 4.90 Å². The van der Waals surface area contributed by atoms with Crippen LogP contribution in [0.15, 0.2) is 71.6 Å². The van der Waals surface area contributed by atoms with Gasteiger partial charge in [0.25, 0.3) is 28.9 Å². The van der Waals surface area contributed by atoms with Crippen molar-refractivity contribution < 1.29 is 33.4 Å². The van der Waals surface area contributed by atoms with E-state index in [0.717, 1.165) is 21.6 Å². The lowest BCUT2D eigenvalue weighted by Crippen LogP contribution is -2.37. The van der Waals surface area contributed by atoms with Gasteiger partial charge in [0.15, 0.2) is 11.5 Å². The first-order valence-electron chi connectivity index (χ1n) is 12.2. The van der Waals surface area contributed by atoms with Gasteiger partial charge in [-0.05, 0) is 65.9 Å². The molecule has 0 aliphatic carbocycles. The fourth-order valence-corrected chi connectivity index (χ4v) is 5.25. The van der Waals surface area contributed by atoms with Crippen LogP contribution in [0.3, 0.4) is 0 Å². The number of thioether (sulfide) groups is 1. The zero-order chi connectivity index (χ0) is 28.4. The van der Waals surface area contributed by atoms with Crippen molar-refractivity contribution in [1.29, 1.82) is 0 Å². The molecular weight excluding hydrogens is 534 g/mol. The second-order valence-corrected chi connectivity index (χ2v) is 9.74. The Labute approximate surface area is 233 Å². The molecule has 1 saturated heterocycles. The Kier molecular flexibility index (Phi) is 7.39. The lowest BCUT2D eigenvalue weighted by molar-refractivity contribution is -0.122. The van der Waals surface area contributed by atoms with Gasteiger partial charge in [0.05, 0.1) is 35.9 Å². The van der Waals surface area contributed by atoms with E-state index in [0.29, 0.717) is 28.2 Å². The Morgan fingerprint density at radius 2 is 1.55 bits per heavy atom. The fraction of sp³-hybridized carbons (Fsp3) is 0.138. The van der Waals surface area contributed by atoms with Crippen LogP contribution in [0.25, 0.3) is 6.08 Å². The highest BCUT2D eigenvalue weighted by Gasteiger charge is 2.37. The number of carbonyl (C=O) groups is 5. The number of nitrogens with zero attached hydrogens (tertiary/aromatic N) is 2. The van der Waals surface area contributed by atoms with E-state index in [1.54, 1.807) is 66.7 Å². The highest BCUT2D eigenvalue weighted by atomic mass is 32.2. The number of rotatable bonds is 8. The molecule has 3 aromatic rings. The van der Waals surface area contributed by atoms with Gasteiger partial charge in [-0.15, -0.1) is 0 Å². The van der Waals surface area contributed by atoms with Crippen molar-refractivity contribution in [2.24, 2.45) is 0 Å². The molecule has 2 aliphatic heterocycles. The van der Waals surface area contributed by atoms with E-state index in [-0.39, 0.29) is 29.2 Å². The molecule has 2 heterocycles. The Hall–Kier alpha value is -4.90. The summed E-state index contributed by atoms with van der Waals surface area (Å²) in [6.07, 6.45) is 1.59. The molecule has 0 aromatic heterocycles. The molecule has 2 aliphatic rings. The average molecular weight is 558 g/mol. The van der Waals surface area contributed by atoms with Crippen molar-refractivity contribution in [3.05, 3.63) is 93.9 Å². The van der Waals surface area contributed by atoms with Gasteiger partial charge < -0.3 is 14.8 Å². The van der Waals surface area contributed by atoms with Gasteiger partial charge in [0.2, 0.25) is 0 Å². The predicted octanol–water partition coefficient (Wildman–Crippen LogP) is 3.97. The standard InChI is InChI=1S/C29H23N3O7S/c1-38-22-11-10-17(14-23(22)39-2)15-24-28(36)31(29(37)40-24)13-12-30-25(33)18-6-5-7-19(16-18)32-26(34)20-8-3-4-9-21(20)27(32)35/h3-11,14-16H,12-13H2,1-2H3,(H,30,33). The van der Waals surface area contributed by atoms with Gasteiger partial charge in [0.1, 0.15) is 0 Å². The summed E-state index contributed by atoms with van der Waals surface area (Å²) in [4.78, 5) is 66.1. The Balaban J connectivity index is 1.22. The third-order valence-corrected chi connectivity index (χ3v) is 7.27. The molecular formula is C29H23N3O7S. The lowest BCUT2D eigenvalue weighted by atomic mass is 10.1. The van der Waals surface area contributed by atoms with Crippen molar-refractivity contribution in [2.45, 2.75) is 0 Å². The van der Waals surface area contributed by atoms with E-state index in [4.69, 9.17) is 9.47 Å². The van der Waals surface area contributed by atoms with Crippen molar-refractivity contribution in [3.63, 3.8) is 0 Å². The van der Waals surface area contributed by atoms with Crippen LogP contribution in [0, 0.1) is 0 Å². The SMILES string of the molecule is COc1ccc(C=C2SC(=O)N(CCNC(=O)c3cccc(N4C(=O)c5ccccc5C4=O)c3)C2=O)cc1OC. The molecule has 40 heavy (non-hydrogen) atoms. The van der Waals surface area contributed by atoms with Gasteiger partial charge in [-0.2, -0.15) is 0 Å². The Morgan fingerprint density at radius 1 is 0.850 bits per heavy atom. The lowest BCUT2D eigenvalue weighted by Gasteiger charge is -2.16. The van der Waals surface area contributed by atoms with Gasteiger partial charge in [-0.3, -0.25) is 28.9 Å². The fourth-order valence-electron chi connectivity index (χ4n) is 4.38. The van der Waals surface area contributed by atoms with Crippen LogP contribution in [-0.2, 0) is 4.79 Å². The van der Waals surface area contributed by atoms with E-state index in [9.17, 15) is 24.0 Å². The molecule has 5 amide bonds. The summed E-state index contributed by atoms with van der Waals surface area (Å²) in [5, 5.41) is 2.24. The maximum Gasteiger partial charge on any atom is 0.293 e. The van der Waals surface area contributed by atoms with Gasteiger partial charge in [0, 0.05) is 18.7 Å². The van der Waals surface area contributed by atoms with Gasteiger partial charge >= 0.3 is 0 Å². The van der Waals surface area contributed by atoms with Crippen molar-refractivity contribution >= 4 is 52.4 Å². The molecule has 0 spiro atoms. The number of carbonyl (C=O) groups excluding carboxylic acids is 5. The number of anilines is 1. The number of methoxy groups -OCH3 is 2. The Morgan fingerprint density at radius 3 is 2.23 bits per heavy atom. The van der Waals surface area contributed by atoms with Crippen LogP contribution in [0.4, 0.5) is 10.5 Å². The highest BCUT2D eigenvalue weighted by molar-refractivity contribution is 8.18. The molecule has 0 atom stereocenters. The Bertz CT molecular complexity index is 1560. The predicted molar refractivity (Wildman–Crippen MR) is 149 cm³/mol. The minimum atomic E-state index is -0.480. The van der Waals surface area contributed by atoms with Crippen LogP contribution >= 0.6 is 11.8 Å². The summed E-state index contributed by atoms with van der Waals surface area (Å²) in [6.45, 7) is -0.0183. The van der Waals surface area contributed by atoms with E-state index in [1.807, 2.05) is 0 Å². The number of fused-ring (bicyclic) bond motifs is 1. The average Bonchev–Trinajstić information content (AvgIpc) is 3.39. The van der Waals surface area contributed by atoms with E-state index < -0.39 is 28.9 Å². The molecule has 0 unspecified atom stereocenters. The minimum Gasteiger partial charge on any atom is -0.493 e. The third-order valence-electron chi connectivity index (χ3n) is 6.36.